The summed E-state index contributed by atoms with van der Waals surface area (Å²) in [5, 5.41) is 6.02. The molecule has 0 unspecified atom stereocenters. The first kappa shape index (κ1) is 20.2. The molecule has 0 radical (unpaired) electrons. The lowest BCUT2D eigenvalue weighted by Crippen LogP contribution is -2.42. The van der Waals surface area contributed by atoms with Crippen LogP contribution in [0.1, 0.15) is 31.3 Å². The maximum Gasteiger partial charge on any atom is 0.243 e. The van der Waals surface area contributed by atoms with Gasteiger partial charge in [-0.15, -0.1) is 0 Å². The lowest BCUT2D eigenvalue weighted by Gasteiger charge is -2.32. The van der Waals surface area contributed by atoms with Gasteiger partial charge < -0.3 is 10.6 Å². The van der Waals surface area contributed by atoms with Gasteiger partial charge in [-0.1, -0.05) is 0 Å². The van der Waals surface area contributed by atoms with Crippen LogP contribution < -0.4 is 10.6 Å². The van der Waals surface area contributed by atoms with Gasteiger partial charge in [0.05, 0.1) is 4.90 Å². The number of hydrogen-bond donors (Lipinski definition) is 2. The fraction of sp³-hybridized carbons (Fsp3) is 0.421. The van der Waals surface area contributed by atoms with Gasteiger partial charge in [0.1, 0.15) is 11.6 Å². The number of rotatable bonds is 5. The van der Waals surface area contributed by atoms with Gasteiger partial charge in [0.15, 0.2) is 0 Å². The summed E-state index contributed by atoms with van der Waals surface area (Å²) in [5.41, 5.74) is 1.47. The van der Waals surface area contributed by atoms with Crippen LogP contribution in [0.15, 0.2) is 35.2 Å². The van der Waals surface area contributed by atoms with Crippen molar-refractivity contribution in [2.75, 3.05) is 23.7 Å². The van der Waals surface area contributed by atoms with Crippen molar-refractivity contribution in [1.82, 2.24) is 14.3 Å². The lowest BCUT2D eigenvalue weighted by molar-refractivity contribution is -0.114. The van der Waals surface area contributed by atoms with E-state index < -0.39 is 10.0 Å². The minimum absolute atomic E-state index is 0.169. The van der Waals surface area contributed by atoms with Crippen LogP contribution in [0.4, 0.5) is 11.5 Å². The second-order valence-electron chi connectivity index (χ2n) is 6.97. The van der Waals surface area contributed by atoms with Gasteiger partial charge in [-0.3, -0.25) is 4.79 Å². The highest BCUT2D eigenvalue weighted by Gasteiger charge is 2.29. The van der Waals surface area contributed by atoms with Crippen LogP contribution in [-0.4, -0.2) is 47.7 Å². The quantitative estimate of drug-likeness (QED) is 0.794. The van der Waals surface area contributed by atoms with Crippen molar-refractivity contribution in [3.8, 4) is 0 Å². The summed E-state index contributed by atoms with van der Waals surface area (Å²) in [5.74, 6) is 1.30. The van der Waals surface area contributed by atoms with Crippen LogP contribution in [0, 0.1) is 13.8 Å². The largest absolute Gasteiger partial charge is 0.367 e. The third-order valence-electron chi connectivity index (χ3n) is 4.58. The Morgan fingerprint density at radius 3 is 2.32 bits per heavy atom. The summed E-state index contributed by atoms with van der Waals surface area (Å²) in [6.45, 7) is 6.07. The van der Waals surface area contributed by atoms with Crippen molar-refractivity contribution in [2.24, 2.45) is 0 Å². The summed E-state index contributed by atoms with van der Waals surface area (Å²) in [6.07, 6.45) is 1.40. The summed E-state index contributed by atoms with van der Waals surface area (Å²) in [7, 11) is -3.55. The molecule has 2 aromatic rings. The van der Waals surface area contributed by atoms with Crippen molar-refractivity contribution in [2.45, 2.75) is 44.6 Å². The van der Waals surface area contributed by atoms with Crippen LogP contribution >= 0.6 is 0 Å². The normalized spacial score (nSPS) is 16.0. The molecule has 1 aliphatic heterocycles. The van der Waals surface area contributed by atoms with Gasteiger partial charge in [0.2, 0.25) is 15.9 Å². The molecular weight excluding hydrogens is 378 g/mol. The molecule has 8 nitrogen and oxygen atoms in total. The first-order valence-electron chi connectivity index (χ1n) is 9.20. The van der Waals surface area contributed by atoms with Gasteiger partial charge in [0.25, 0.3) is 0 Å². The van der Waals surface area contributed by atoms with E-state index in [1.807, 2.05) is 19.9 Å². The van der Waals surface area contributed by atoms with Gasteiger partial charge in [-0.2, -0.15) is 4.31 Å². The number of nitrogens with one attached hydrogen (secondary N) is 2. The highest BCUT2D eigenvalue weighted by atomic mass is 32.2. The number of aromatic nitrogens is 2. The van der Waals surface area contributed by atoms with Gasteiger partial charge in [-0.05, 0) is 51.0 Å². The minimum atomic E-state index is -3.55. The number of hydrogen-bond acceptors (Lipinski definition) is 6. The molecule has 0 saturated carbocycles. The molecule has 0 aliphatic carbocycles. The third kappa shape index (κ3) is 4.85. The molecule has 3 rings (SSSR count). The topological polar surface area (TPSA) is 104 Å². The lowest BCUT2D eigenvalue weighted by atomic mass is 10.1. The van der Waals surface area contributed by atoms with Gasteiger partial charge >= 0.3 is 0 Å². The molecular formula is C19H25N5O3S. The molecule has 1 aliphatic rings. The number of sulfonamides is 1. The Morgan fingerprint density at radius 1 is 1.11 bits per heavy atom. The van der Waals surface area contributed by atoms with Gasteiger partial charge in [-0.25, -0.2) is 18.4 Å². The number of carbonyl (C=O) groups is 1. The Bertz CT molecular complexity index is 932. The Kier molecular flexibility index (Phi) is 5.95. The smallest absolute Gasteiger partial charge is 0.243 e. The molecule has 0 atom stereocenters. The molecule has 2 N–H and O–H groups in total. The first-order valence-corrected chi connectivity index (χ1v) is 10.6. The number of nitrogens with zero attached hydrogens (tertiary/aromatic N) is 3. The molecule has 1 saturated heterocycles. The molecule has 2 heterocycles. The van der Waals surface area contributed by atoms with E-state index in [1.54, 1.807) is 12.1 Å². The molecule has 1 aromatic heterocycles. The number of anilines is 2. The summed E-state index contributed by atoms with van der Waals surface area (Å²) in [6, 6.07) is 8.31. The van der Waals surface area contributed by atoms with E-state index in [-0.39, 0.29) is 16.8 Å². The number of aryl methyl sites for hydroxylation is 2. The average Bonchev–Trinajstić information content (AvgIpc) is 2.61. The fourth-order valence-electron chi connectivity index (χ4n) is 3.30. The molecule has 1 amide bonds. The zero-order valence-corrected chi connectivity index (χ0v) is 17.1. The minimum Gasteiger partial charge on any atom is -0.367 e. The summed E-state index contributed by atoms with van der Waals surface area (Å²) >= 11 is 0. The molecule has 28 heavy (non-hydrogen) atoms. The summed E-state index contributed by atoms with van der Waals surface area (Å²) < 4.78 is 27.3. The zero-order chi connectivity index (χ0) is 20.3. The predicted octanol–water partition coefficient (Wildman–Crippen LogP) is 2.32. The SMILES string of the molecule is CC(=O)Nc1ccc(S(=O)(=O)N2CCC(Nc3cc(C)nc(C)n3)CC2)cc1. The van der Waals surface area contributed by atoms with E-state index in [2.05, 4.69) is 20.6 Å². The van der Waals surface area contributed by atoms with Crippen LogP contribution in [0.2, 0.25) is 0 Å². The molecule has 9 heteroatoms. The van der Waals surface area contributed by atoms with Crippen LogP contribution in [0.5, 0.6) is 0 Å². The van der Waals surface area contributed by atoms with Crippen molar-refractivity contribution >= 4 is 27.4 Å². The summed E-state index contributed by atoms with van der Waals surface area (Å²) in [4.78, 5) is 20.0. The average molecular weight is 404 g/mol. The van der Waals surface area contributed by atoms with E-state index in [1.165, 1.54) is 23.4 Å². The van der Waals surface area contributed by atoms with Crippen LogP contribution in [0.25, 0.3) is 0 Å². The van der Waals surface area contributed by atoms with Gasteiger partial charge in [0, 0.05) is 43.5 Å². The Hall–Kier alpha value is -2.52. The van der Waals surface area contributed by atoms with E-state index in [4.69, 9.17) is 0 Å². The Morgan fingerprint density at radius 2 is 1.75 bits per heavy atom. The highest BCUT2D eigenvalue weighted by molar-refractivity contribution is 7.89. The Balaban J connectivity index is 1.62. The Labute approximate surface area is 165 Å². The first-order chi connectivity index (χ1) is 13.2. The zero-order valence-electron chi connectivity index (χ0n) is 16.3. The molecule has 150 valence electrons. The highest BCUT2D eigenvalue weighted by Crippen LogP contribution is 2.23. The molecule has 0 bridgehead atoms. The molecule has 1 fully saturated rings. The monoisotopic (exact) mass is 403 g/mol. The molecule has 1 aromatic carbocycles. The fourth-order valence-corrected chi connectivity index (χ4v) is 4.77. The predicted molar refractivity (Wildman–Crippen MR) is 108 cm³/mol. The van der Waals surface area contributed by atoms with E-state index >= 15 is 0 Å². The van der Waals surface area contributed by atoms with Crippen molar-refractivity contribution in [3.63, 3.8) is 0 Å². The molecule has 0 spiro atoms. The second-order valence-corrected chi connectivity index (χ2v) is 8.91. The second kappa shape index (κ2) is 8.24. The maximum absolute atomic E-state index is 12.9. The van der Waals surface area contributed by atoms with E-state index in [0.29, 0.717) is 37.4 Å². The maximum atomic E-state index is 12.9. The van der Waals surface area contributed by atoms with Crippen LogP contribution in [-0.2, 0) is 14.8 Å². The van der Waals surface area contributed by atoms with E-state index in [9.17, 15) is 13.2 Å². The number of benzene rings is 1. The van der Waals surface area contributed by atoms with E-state index in [0.717, 1.165) is 11.5 Å². The van der Waals surface area contributed by atoms with Crippen LogP contribution in [0.3, 0.4) is 0 Å². The van der Waals surface area contributed by atoms with Crippen molar-refractivity contribution in [3.05, 3.63) is 41.9 Å². The van der Waals surface area contributed by atoms with Crippen molar-refractivity contribution in [1.29, 1.82) is 0 Å². The third-order valence-corrected chi connectivity index (χ3v) is 6.50. The standard InChI is InChI=1S/C19H25N5O3S/c1-13-12-19(21-14(2)20-13)23-17-8-10-24(11-9-17)28(26,27)18-6-4-16(5-7-18)22-15(3)25/h4-7,12,17H,8-11H2,1-3H3,(H,22,25)(H,20,21,23). The number of amides is 1. The number of piperidine rings is 1. The number of carbonyl (C=O) groups excluding carboxylic acids is 1. The van der Waals surface area contributed by atoms with Crippen molar-refractivity contribution < 1.29 is 13.2 Å².